The molecule has 3 N–H and O–H groups in total. The molecule has 0 saturated heterocycles. The Hall–Kier alpha value is -2.11. The Morgan fingerprint density at radius 2 is 2.00 bits per heavy atom. The predicted octanol–water partition coefficient (Wildman–Crippen LogP) is 1.02. The van der Waals surface area contributed by atoms with Crippen LogP contribution in [0, 0.1) is 5.41 Å². The van der Waals surface area contributed by atoms with Crippen LogP contribution < -0.4 is 16.0 Å². The van der Waals surface area contributed by atoms with E-state index in [0.717, 1.165) is 12.2 Å². The van der Waals surface area contributed by atoms with E-state index < -0.39 is 5.41 Å². The van der Waals surface area contributed by atoms with E-state index in [1.165, 1.54) is 0 Å². The topological polar surface area (TPSA) is 83.1 Å². The van der Waals surface area contributed by atoms with Crippen molar-refractivity contribution in [2.75, 3.05) is 25.5 Å². The summed E-state index contributed by atoms with van der Waals surface area (Å²) in [6, 6.07) is 3.45. The first-order valence-electron chi connectivity index (χ1n) is 6.61. The molecule has 0 aliphatic heterocycles. The molecule has 1 heterocycles. The Balaban J connectivity index is 2.61. The summed E-state index contributed by atoms with van der Waals surface area (Å²) < 4.78 is 0. The first-order chi connectivity index (χ1) is 9.40. The van der Waals surface area contributed by atoms with Crippen molar-refractivity contribution in [1.82, 2.24) is 15.6 Å². The zero-order valence-corrected chi connectivity index (χ0v) is 12.4. The third kappa shape index (κ3) is 4.22. The van der Waals surface area contributed by atoms with Crippen LogP contribution in [0.2, 0.25) is 0 Å². The second-order valence-corrected chi connectivity index (χ2v) is 5.11. The number of hydrogen-bond donors (Lipinski definition) is 3. The Bertz CT molecular complexity index is 469. The molecule has 1 aromatic heterocycles. The lowest BCUT2D eigenvalue weighted by molar-refractivity contribution is -0.128. The van der Waals surface area contributed by atoms with Crippen molar-refractivity contribution in [3.63, 3.8) is 0 Å². The molecule has 1 aromatic rings. The van der Waals surface area contributed by atoms with E-state index in [2.05, 4.69) is 20.9 Å². The Labute approximate surface area is 119 Å². The third-order valence-corrected chi connectivity index (χ3v) is 2.91. The molecule has 2 amide bonds. The molecule has 0 saturated carbocycles. The van der Waals surface area contributed by atoms with Gasteiger partial charge in [0.15, 0.2) is 0 Å². The molecule has 0 spiro atoms. The summed E-state index contributed by atoms with van der Waals surface area (Å²) >= 11 is 0. The van der Waals surface area contributed by atoms with E-state index in [9.17, 15) is 9.59 Å². The van der Waals surface area contributed by atoms with Crippen LogP contribution in [0.15, 0.2) is 18.3 Å². The van der Waals surface area contributed by atoms with Crippen molar-refractivity contribution in [2.24, 2.45) is 5.41 Å². The molecule has 0 aromatic carbocycles. The third-order valence-electron chi connectivity index (χ3n) is 2.91. The standard InChI is InChI=1S/C14H22N4O2/c1-5-16-10-6-7-11(17-8-10)12(19)18-9-14(2,3)13(20)15-4/h6-8,16H,5,9H2,1-4H3,(H,15,20)(H,18,19). The van der Waals surface area contributed by atoms with Crippen molar-refractivity contribution >= 4 is 17.5 Å². The van der Waals surface area contributed by atoms with Gasteiger partial charge in [0.1, 0.15) is 5.69 Å². The van der Waals surface area contributed by atoms with E-state index in [1.54, 1.807) is 39.2 Å². The lowest BCUT2D eigenvalue weighted by Gasteiger charge is -2.22. The molecular weight excluding hydrogens is 256 g/mol. The molecule has 0 aliphatic carbocycles. The molecule has 0 unspecified atom stereocenters. The minimum atomic E-state index is -0.659. The monoisotopic (exact) mass is 278 g/mol. The number of nitrogens with zero attached hydrogens (tertiary/aromatic N) is 1. The number of rotatable bonds is 6. The molecular formula is C14H22N4O2. The van der Waals surface area contributed by atoms with E-state index in [1.807, 2.05) is 6.92 Å². The largest absolute Gasteiger partial charge is 0.384 e. The summed E-state index contributed by atoms with van der Waals surface area (Å²) in [6.45, 7) is 6.58. The number of hydrogen-bond acceptors (Lipinski definition) is 4. The molecule has 20 heavy (non-hydrogen) atoms. The van der Waals surface area contributed by atoms with Gasteiger partial charge < -0.3 is 16.0 Å². The second-order valence-electron chi connectivity index (χ2n) is 5.11. The fourth-order valence-electron chi connectivity index (χ4n) is 1.65. The Morgan fingerprint density at radius 1 is 1.30 bits per heavy atom. The first kappa shape index (κ1) is 15.9. The number of carbonyl (C=O) groups is 2. The number of aromatic nitrogens is 1. The number of amides is 2. The van der Waals surface area contributed by atoms with Crippen LogP contribution in [-0.4, -0.2) is 36.9 Å². The SMILES string of the molecule is CCNc1ccc(C(=O)NCC(C)(C)C(=O)NC)nc1. The van der Waals surface area contributed by atoms with Crippen molar-refractivity contribution in [3.05, 3.63) is 24.0 Å². The van der Waals surface area contributed by atoms with Crippen molar-refractivity contribution in [3.8, 4) is 0 Å². The maximum absolute atomic E-state index is 11.9. The van der Waals surface area contributed by atoms with Gasteiger partial charge in [-0.3, -0.25) is 9.59 Å². The highest BCUT2D eigenvalue weighted by atomic mass is 16.2. The number of pyridine rings is 1. The van der Waals surface area contributed by atoms with E-state index in [4.69, 9.17) is 0 Å². The predicted molar refractivity (Wildman–Crippen MR) is 78.6 cm³/mol. The molecule has 0 radical (unpaired) electrons. The second kappa shape index (κ2) is 6.88. The minimum absolute atomic E-state index is 0.117. The van der Waals surface area contributed by atoms with E-state index in [0.29, 0.717) is 5.69 Å². The van der Waals surface area contributed by atoms with Crippen LogP contribution >= 0.6 is 0 Å². The first-order valence-corrected chi connectivity index (χ1v) is 6.61. The average Bonchev–Trinajstić information content (AvgIpc) is 2.45. The summed E-state index contributed by atoms with van der Waals surface area (Å²) in [5.41, 5.74) is 0.544. The quantitative estimate of drug-likeness (QED) is 0.725. The lowest BCUT2D eigenvalue weighted by atomic mass is 9.92. The molecule has 6 heteroatoms. The number of nitrogens with one attached hydrogen (secondary N) is 3. The highest BCUT2D eigenvalue weighted by Crippen LogP contribution is 2.13. The molecule has 0 atom stereocenters. The van der Waals surface area contributed by atoms with Crippen LogP contribution in [0.5, 0.6) is 0 Å². The number of carbonyl (C=O) groups excluding carboxylic acids is 2. The maximum atomic E-state index is 11.9. The highest BCUT2D eigenvalue weighted by Gasteiger charge is 2.27. The zero-order valence-electron chi connectivity index (χ0n) is 12.4. The van der Waals surface area contributed by atoms with Gasteiger partial charge >= 0.3 is 0 Å². The van der Waals surface area contributed by atoms with Crippen LogP contribution in [0.1, 0.15) is 31.3 Å². The van der Waals surface area contributed by atoms with Gasteiger partial charge in [-0.05, 0) is 32.9 Å². The molecule has 0 aliphatic rings. The van der Waals surface area contributed by atoms with Crippen LogP contribution in [0.4, 0.5) is 5.69 Å². The van der Waals surface area contributed by atoms with Crippen LogP contribution in [0.3, 0.4) is 0 Å². The summed E-state index contributed by atoms with van der Waals surface area (Å²) in [4.78, 5) is 27.6. The molecule has 1 rings (SSSR count). The van der Waals surface area contributed by atoms with Crippen molar-refractivity contribution in [2.45, 2.75) is 20.8 Å². The Kier molecular flexibility index (Phi) is 5.49. The summed E-state index contributed by atoms with van der Waals surface area (Å²) in [5, 5.41) is 8.40. The fourth-order valence-corrected chi connectivity index (χ4v) is 1.65. The van der Waals surface area contributed by atoms with Gasteiger partial charge in [0, 0.05) is 20.1 Å². The average molecular weight is 278 g/mol. The number of anilines is 1. The normalized spacial score (nSPS) is 10.8. The van der Waals surface area contributed by atoms with E-state index >= 15 is 0 Å². The summed E-state index contributed by atoms with van der Waals surface area (Å²) in [5.74, 6) is -0.404. The minimum Gasteiger partial charge on any atom is -0.384 e. The molecule has 6 nitrogen and oxygen atoms in total. The Morgan fingerprint density at radius 3 is 2.50 bits per heavy atom. The zero-order chi connectivity index (χ0) is 15.2. The van der Waals surface area contributed by atoms with Crippen LogP contribution in [-0.2, 0) is 4.79 Å². The maximum Gasteiger partial charge on any atom is 0.269 e. The van der Waals surface area contributed by atoms with Gasteiger partial charge in [0.05, 0.1) is 17.3 Å². The van der Waals surface area contributed by atoms with Crippen molar-refractivity contribution < 1.29 is 9.59 Å². The van der Waals surface area contributed by atoms with Gasteiger partial charge in [0.2, 0.25) is 5.91 Å². The molecule has 0 fully saturated rings. The molecule has 0 bridgehead atoms. The van der Waals surface area contributed by atoms with Gasteiger partial charge in [0.25, 0.3) is 5.91 Å². The smallest absolute Gasteiger partial charge is 0.269 e. The van der Waals surface area contributed by atoms with Crippen LogP contribution in [0.25, 0.3) is 0 Å². The van der Waals surface area contributed by atoms with Gasteiger partial charge in [-0.2, -0.15) is 0 Å². The summed E-state index contributed by atoms with van der Waals surface area (Å²) in [6.07, 6.45) is 1.61. The lowest BCUT2D eigenvalue weighted by Crippen LogP contribution is -2.43. The fraction of sp³-hybridized carbons (Fsp3) is 0.500. The molecule has 110 valence electrons. The van der Waals surface area contributed by atoms with Gasteiger partial charge in [-0.15, -0.1) is 0 Å². The summed E-state index contributed by atoms with van der Waals surface area (Å²) in [7, 11) is 1.58. The van der Waals surface area contributed by atoms with E-state index in [-0.39, 0.29) is 18.4 Å². The highest BCUT2D eigenvalue weighted by molar-refractivity contribution is 5.93. The van der Waals surface area contributed by atoms with Gasteiger partial charge in [-0.25, -0.2) is 4.98 Å². The van der Waals surface area contributed by atoms with Gasteiger partial charge in [-0.1, -0.05) is 0 Å². The van der Waals surface area contributed by atoms with Crippen molar-refractivity contribution in [1.29, 1.82) is 0 Å².